The van der Waals surface area contributed by atoms with E-state index >= 15 is 0 Å². The van der Waals surface area contributed by atoms with Crippen molar-refractivity contribution in [2.75, 3.05) is 46.1 Å². The lowest BCUT2D eigenvalue weighted by atomic mass is 9.82. The number of pyridine rings is 1. The fourth-order valence-electron chi connectivity index (χ4n) is 7.24. The first-order chi connectivity index (χ1) is 22.8. The highest BCUT2D eigenvalue weighted by Crippen LogP contribution is 2.43. The maximum Gasteiger partial charge on any atom is 0.410 e. The van der Waals surface area contributed by atoms with Gasteiger partial charge in [0.1, 0.15) is 30.1 Å². The van der Waals surface area contributed by atoms with Crippen molar-refractivity contribution in [2.24, 2.45) is 5.92 Å². The summed E-state index contributed by atoms with van der Waals surface area (Å²) in [6, 6.07) is 10.8. The van der Waals surface area contributed by atoms with Crippen LogP contribution in [0.15, 0.2) is 30.3 Å². The number of ether oxygens (including phenoxy) is 6. The molecule has 0 bridgehead atoms. The van der Waals surface area contributed by atoms with E-state index in [0.29, 0.717) is 79.9 Å². The van der Waals surface area contributed by atoms with Gasteiger partial charge >= 0.3 is 12.1 Å². The number of imidazole rings is 1. The Labute approximate surface area is 280 Å². The normalized spacial score (nSPS) is 29.3. The maximum atomic E-state index is 12.5. The van der Waals surface area contributed by atoms with Crippen molar-refractivity contribution in [2.45, 2.75) is 89.4 Å². The molecule has 2 aromatic heterocycles. The van der Waals surface area contributed by atoms with Gasteiger partial charge in [-0.3, -0.25) is 4.57 Å². The molecule has 1 saturated carbocycles. The number of morpholine rings is 1. The number of fused-ring (bicyclic) bond motifs is 2. The molecule has 0 spiro atoms. The van der Waals surface area contributed by atoms with Crippen molar-refractivity contribution < 1.29 is 33.2 Å². The fourth-order valence-corrected chi connectivity index (χ4v) is 7.50. The van der Waals surface area contributed by atoms with E-state index in [1.807, 2.05) is 10.6 Å². The van der Waals surface area contributed by atoms with Gasteiger partial charge in [0.25, 0.3) is 0 Å². The zero-order valence-electron chi connectivity index (χ0n) is 27.5. The van der Waals surface area contributed by atoms with E-state index < -0.39 is 0 Å². The smallest absolute Gasteiger partial charge is 0.410 e. The van der Waals surface area contributed by atoms with E-state index in [2.05, 4.69) is 45.0 Å². The van der Waals surface area contributed by atoms with Crippen LogP contribution in [0.3, 0.4) is 0 Å². The SMILES string of the molecule is CCCOCn1c(OC2CO[C@]3(C)C(C)CO[C@H]23)nc2cc(Cl)c(-c3ccc(C4CCC(OC(=O)N5CCOCC5)CC4)cc3)nc21. The summed E-state index contributed by atoms with van der Waals surface area (Å²) < 4.78 is 37.8. The van der Waals surface area contributed by atoms with Crippen molar-refractivity contribution in [3.8, 4) is 17.3 Å². The molecule has 0 radical (unpaired) electrons. The van der Waals surface area contributed by atoms with Crippen LogP contribution in [0, 0.1) is 5.92 Å². The molecule has 4 atom stereocenters. The van der Waals surface area contributed by atoms with Crippen molar-refractivity contribution in [3.05, 3.63) is 40.9 Å². The van der Waals surface area contributed by atoms with Crippen molar-refractivity contribution in [3.63, 3.8) is 0 Å². The number of halogens is 1. The van der Waals surface area contributed by atoms with Crippen LogP contribution in [0.5, 0.6) is 6.01 Å². The Bertz CT molecular complexity index is 1550. The van der Waals surface area contributed by atoms with E-state index in [0.717, 1.165) is 37.7 Å². The molecule has 1 aliphatic carbocycles. The molecule has 3 aromatic rings. The third-order valence-electron chi connectivity index (χ3n) is 10.3. The number of carbonyl (C=O) groups excluding carboxylic acids is 1. The Hall–Kier alpha value is -2.96. The number of amides is 1. The minimum Gasteiger partial charge on any atom is -0.456 e. The zero-order chi connectivity index (χ0) is 32.5. The first-order valence-corrected chi connectivity index (χ1v) is 17.4. The Morgan fingerprint density at radius 1 is 1.09 bits per heavy atom. The van der Waals surface area contributed by atoms with Crippen molar-refractivity contribution in [1.29, 1.82) is 0 Å². The van der Waals surface area contributed by atoms with Crippen molar-refractivity contribution in [1.82, 2.24) is 19.4 Å². The summed E-state index contributed by atoms with van der Waals surface area (Å²) in [6.45, 7) is 10.6. The van der Waals surface area contributed by atoms with E-state index in [1.165, 1.54) is 5.56 Å². The first kappa shape index (κ1) is 32.6. The van der Waals surface area contributed by atoms with Crippen LogP contribution in [-0.2, 0) is 30.4 Å². The minimum atomic E-state index is -0.379. The zero-order valence-corrected chi connectivity index (χ0v) is 28.2. The number of hydrogen-bond donors (Lipinski definition) is 0. The number of aromatic nitrogens is 3. The van der Waals surface area contributed by atoms with Crippen LogP contribution >= 0.6 is 11.6 Å². The van der Waals surface area contributed by atoms with Crippen LogP contribution in [-0.4, -0.2) is 95.6 Å². The highest BCUT2D eigenvalue weighted by molar-refractivity contribution is 6.33. The number of nitrogens with zero attached hydrogens (tertiary/aromatic N) is 4. The molecule has 4 fully saturated rings. The van der Waals surface area contributed by atoms with Gasteiger partial charge in [-0.05, 0) is 56.6 Å². The van der Waals surface area contributed by atoms with Gasteiger partial charge in [0.2, 0.25) is 0 Å². The van der Waals surface area contributed by atoms with Gasteiger partial charge in [-0.15, -0.1) is 0 Å². The molecular formula is C35H45ClN4O7. The van der Waals surface area contributed by atoms with Gasteiger partial charge in [0.15, 0.2) is 11.8 Å². The molecule has 7 rings (SSSR count). The highest BCUT2D eigenvalue weighted by atomic mass is 35.5. The maximum absolute atomic E-state index is 12.5. The third-order valence-corrected chi connectivity index (χ3v) is 10.6. The van der Waals surface area contributed by atoms with Crippen LogP contribution < -0.4 is 4.74 Å². The summed E-state index contributed by atoms with van der Waals surface area (Å²) in [5, 5.41) is 0.517. The second-order valence-electron chi connectivity index (χ2n) is 13.4. The molecule has 3 aliphatic heterocycles. The van der Waals surface area contributed by atoms with Gasteiger partial charge in [-0.1, -0.05) is 49.7 Å². The van der Waals surface area contributed by atoms with Crippen LogP contribution in [0.2, 0.25) is 5.02 Å². The van der Waals surface area contributed by atoms with E-state index in [9.17, 15) is 4.79 Å². The largest absolute Gasteiger partial charge is 0.456 e. The molecule has 5 heterocycles. The molecule has 4 aliphatic rings. The highest BCUT2D eigenvalue weighted by Gasteiger charge is 2.56. The number of carbonyl (C=O) groups is 1. The first-order valence-electron chi connectivity index (χ1n) is 17.0. The predicted molar refractivity (Wildman–Crippen MR) is 176 cm³/mol. The standard InChI is InChI=1S/C35H45ClN4O7/c1-4-15-43-21-40-32-28(37-33(40)47-29-20-45-35(3)22(2)19-44-31(29)35)18-27(36)30(38-32)25-7-5-23(6-8-25)24-9-11-26(12-10-24)46-34(41)39-13-16-42-17-14-39/h5-8,18,22,24,26,29,31H,4,9-17,19-21H2,1-3H3/t22?,24?,26?,29?,31-,35-/m1/s1. The van der Waals surface area contributed by atoms with Gasteiger partial charge < -0.3 is 33.3 Å². The average molecular weight is 669 g/mol. The molecule has 0 N–H and O–H groups in total. The fraction of sp³-hybridized carbons (Fsp3) is 0.629. The Morgan fingerprint density at radius 3 is 2.60 bits per heavy atom. The molecule has 1 aromatic carbocycles. The van der Waals surface area contributed by atoms with Gasteiger partial charge in [-0.2, -0.15) is 4.98 Å². The Morgan fingerprint density at radius 2 is 1.85 bits per heavy atom. The monoisotopic (exact) mass is 668 g/mol. The summed E-state index contributed by atoms with van der Waals surface area (Å²) in [5.41, 5.74) is 3.78. The second-order valence-corrected chi connectivity index (χ2v) is 13.8. The predicted octanol–water partition coefficient (Wildman–Crippen LogP) is 6.20. The third kappa shape index (κ3) is 6.57. The Kier molecular flexibility index (Phi) is 9.62. The van der Waals surface area contributed by atoms with Gasteiger partial charge in [0, 0.05) is 31.2 Å². The molecule has 2 unspecified atom stereocenters. The number of hydrogen-bond acceptors (Lipinski definition) is 9. The molecule has 47 heavy (non-hydrogen) atoms. The summed E-state index contributed by atoms with van der Waals surface area (Å²) in [7, 11) is 0. The molecule has 1 amide bonds. The topological polar surface area (TPSA) is 106 Å². The lowest BCUT2D eigenvalue weighted by molar-refractivity contribution is -0.0262. The Balaban J connectivity index is 1.06. The number of rotatable bonds is 9. The van der Waals surface area contributed by atoms with E-state index in [-0.39, 0.29) is 42.7 Å². The number of benzene rings is 1. The van der Waals surface area contributed by atoms with Crippen LogP contribution in [0.1, 0.15) is 64.4 Å². The summed E-state index contributed by atoms with van der Waals surface area (Å²) in [4.78, 5) is 24.1. The van der Waals surface area contributed by atoms with E-state index in [4.69, 9.17) is 50.0 Å². The van der Waals surface area contributed by atoms with Crippen LogP contribution in [0.4, 0.5) is 4.79 Å². The van der Waals surface area contributed by atoms with Gasteiger partial charge in [0.05, 0.1) is 37.1 Å². The molecule has 254 valence electrons. The minimum absolute atomic E-state index is 0.0319. The lowest BCUT2D eigenvalue weighted by Crippen LogP contribution is -2.42. The van der Waals surface area contributed by atoms with Gasteiger partial charge in [-0.25, -0.2) is 9.78 Å². The summed E-state index contributed by atoms with van der Waals surface area (Å²) >= 11 is 6.83. The van der Waals surface area contributed by atoms with Crippen molar-refractivity contribution >= 4 is 28.9 Å². The quantitative estimate of drug-likeness (QED) is 0.246. The second kappa shape index (κ2) is 13.9. The lowest BCUT2D eigenvalue weighted by Gasteiger charge is -2.32. The average Bonchev–Trinajstić information content (AvgIpc) is 3.70. The van der Waals surface area contributed by atoms with Crippen LogP contribution in [0.25, 0.3) is 22.4 Å². The van der Waals surface area contributed by atoms with E-state index in [1.54, 1.807) is 4.90 Å². The summed E-state index contributed by atoms with van der Waals surface area (Å²) in [6.07, 6.45) is 3.85. The molecule has 12 heteroatoms. The summed E-state index contributed by atoms with van der Waals surface area (Å²) in [5.74, 6) is 0.695. The molecule has 11 nitrogen and oxygen atoms in total. The molecule has 3 saturated heterocycles. The molecular weight excluding hydrogens is 624 g/mol.